The molecule has 3 nitrogen and oxygen atoms in total. The minimum Gasteiger partial charge on any atom is -0.279 e. The lowest BCUT2D eigenvalue weighted by Crippen LogP contribution is -2.14. The number of anilines is 1. The smallest absolute Gasteiger partial charge is 0.263 e. The van der Waals surface area contributed by atoms with Crippen molar-refractivity contribution in [2.45, 2.75) is 11.8 Å². The SMILES string of the molecule is Cc1cc(I)ccc1NS(=O)(=O)c1ccc(F)cc1Br. The van der Waals surface area contributed by atoms with Crippen LogP contribution in [0.15, 0.2) is 45.8 Å². The molecular weight excluding hydrogens is 460 g/mol. The van der Waals surface area contributed by atoms with Crippen LogP contribution >= 0.6 is 38.5 Å². The minimum absolute atomic E-state index is 0.00292. The Hall–Kier alpha value is -0.670. The second-order valence-electron chi connectivity index (χ2n) is 4.14. The lowest BCUT2D eigenvalue weighted by Gasteiger charge is -2.12. The Morgan fingerprint density at radius 1 is 1.20 bits per heavy atom. The Labute approximate surface area is 138 Å². The van der Waals surface area contributed by atoms with E-state index in [1.54, 1.807) is 6.07 Å². The van der Waals surface area contributed by atoms with Crippen molar-refractivity contribution >= 4 is 54.2 Å². The van der Waals surface area contributed by atoms with Crippen LogP contribution in [0.4, 0.5) is 10.1 Å². The fourth-order valence-corrected chi connectivity index (χ4v) is 4.46. The van der Waals surface area contributed by atoms with Crippen LogP contribution < -0.4 is 4.72 Å². The number of nitrogens with one attached hydrogen (secondary N) is 1. The fourth-order valence-electron chi connectivity index (χ4n) is 1.63. The van der Waals surface area contributed by atoms with E-state index in [-0.39, 0.29) is 9.37 Å². The van der Waals surface area contributed by atoms with Crippen molar-refractivity contribution in [1.82, 2.24) is 0 Å². The van der Waals surface area contributed by atoms with E-state index in [4.69, 9.17) is 0 Å². The molecule has 0 fully saturated rings. The predicted octanol–water partition coefficient (Wildman–Crippen LogP) is 4.30. The van der Waals surface area contributed by atoms with Crippen LogP contribution in [-0.2, 0) is 10.0 Å². The average Bonchev–Trinajstić information content (AvgIpc) is 2.32. The van der Waals surface area contributed by atoms with Crippen molar-refractivity contribution in [3.63, 3.8) is 0 Å². The first-order valence-corrected chi connectivity index (χ1v) is 8.89. The van der Waals surface area contributed by atoms with Crippen molar-refractivity contribution in [1.29, 1.82) is 0 Å². The van der Waals surface area contributed by atoms with Crippen LogP contribution in [0, 0.1) is 16.3 Å². The molecule has 0 aliphatic rings. The molecule has 2 aromatic rings. The topological polar surface area (TPSA) is 46.2 Å². The van der Waals surface area contributed by atoms with Crippen LogP contribution in [-0.4, -0.2) is 8.42 Å². The number of benzene rings is 2. The lowest BCUT2D eigenvalue weighted by atomic mass is 10.2. The molecule has 2 rings (SSSR count). The Balaban J connectivity index is 2.41. The van der Waals surface area contributed by atoms with Crippen LogP contribution in [0.1, 0.15) is 5.56 Å². The number of sulfonamides is 1. The zero-order valence-electron chi connectivity index (χ0n) is 10.3. The molecule has 0 amide bonds. The maximum absolute atomic E-state index is 13.0. The third-order valence-corrected chi connectivity index (χ3v) is 5.63. The van der Waals surface area contributed by atoms with Gasteiger partial charge in [0.2, 0.25) is 0 Å². The molecule has 1 N–H and O–H groups in total. The molecule has 0 aromatic heterocycles. The maximum atomic E-state index is 13.0. The molecule has 106 valence electrons. The molecule has 0 radical (unpaired) electrons. The molecule has 0 unspecified atom stereocenters. The number of hydrogen-bond donors (Lipinski definition) is 1. The number of hydrogen-bond acceptors (Lipinski definition) is 2. The Kier molecular flexibility index (Phi) is 4.70. The molecule has 0 heterocycles. The van der Waals surface area contributed by atoms with Crippen LogP contribution in [0.3, 0.4) is 0 Å². The summed E-state index contributed by atoms with van der Waals surface area (Å²) in [4.78, 5) is -0.00292. The summed E-state index contributed by atoms with van der Waals surface area (Å²) in [5.41, 5.74) is 1.32. The van der Waals surface area contributed by atoms with Gasteiger partial charge in [-0.3, -0.25) is 4.72 Å². The molecule has 0 spiro atoms. The van der Waals surface area contributed by atoms with Gasteiger partial charge in [-0.1, -0.05) is 0 Å². The van der Waals surface area contributed by atoms with Gasteiger partial charge in [-0.25, -0.2) is 12.8 Å². The molecular formula is C13H10BrFINO2S. The van der Waals surface area contributed by atoms with Crippen molar-refractivity contribution < 1.29 is 12.8 Å². The summed E-state index contributed by atoms with van der Waals surface area (Å²) in [6.45, 7) is 1.82. The highest BCUT2D eigenvalue weighted by molar-refractivity contribution is 14.1. The van der Waals surface area contributed by atoms with Gasteiger partial charge in [-0.05, 0) is 87.4 Å². The van der Waals surface area contributed by atoms with E-state index in [1.807, 2.05) is 19.1 Å². The molecule has 7 heteroatoms. The fraction of sp³-hybridized carbons (Fsp3) is 0.0769. The molecule has 0 saturated heterocycles. The minimum atomic E-state index is -3.76. The largest absolute Gasteiger partial charge is 0.279 e. The van der Waals surface area contributed by atoms with Gasteiger partial charge < -0.3 is 0 Å². The second kappa shape index (κ2) is 5.98. The van der Waals surface area contributed by atoms with E-state index in [2.05, 4.69) is 43.2 Å². The van der Waals surface area contributed by atoms with Crippen molar-refractivity contribution in [2.24, 2.45) is 0 Å². The molecule has 0 bridgehead atoms. The van der Waals surface area contributed by atoms with Gasteiger partial charge in [0, 0.05) is 8.04 Å². The van der Waals surface area contributed by atoms with E-state index in [9.17, 15) is 12.8 Å². The quantitative estimate of drug-likeness (QED) is 0.681. The van der Waals surface area contributed by atoms with E-state index in [1.165, 1.54) is 6.07 Å². The first-order valence-electron chi connectivity index (χ1n) is 5.53. The number of aryl methyl sites for hydroxylation is 1. The molecule has 0 aliphatic heterocycles. The third-order valence-electron chi connectivity index (χ3n) is 2.62. The zero-order chi connectivity index (χ0) is 14.9. The Morgan fingerprint density at radius 2 is 1.90 bits per heavy atom. The van der Waals surface area contributed by atoms with Gasteiger partial charge in [0.05, 0.1) is 5.69 Å². The molecule has 20 heavy (non-hydrogen) atoms. The summed E-state index contributed by atoms with van der Waals surface area (Å²) < 4.78 is 41.4. The summed E-state index contributed by atoms with van der Waals surface area (Å²) in [5.74, 6) is -0.499. The third kappa shape index (κ3) is 3.50. The summed E-state index contributed by atoms with van der Waals surface area (Å²) >= 11 is 5.22. The molecule has 0 saturated carbocycles. The number of rotatable bonds is 3. The Bertz CT molecular complexity index is 765. The normalized spacial score (nSPS) is 11.4. The van der Waals surface area contributed by atoms with Gasteiger partial charge in [0.25, 0.3) is 10.0 Å². The number of halogens is 3. The summed E-state index contributed by atoms with van der Waals surface area (Å²) in [5, 5.41) is 0. The zero-order valence-corrected chi connectivity index (χ0v) is 14.9. The maximum Gasteiger partial charge on any atom is 0.263 e. The summed E-state index contributed by atoms with van der Waals surface area (Å²) in [7, 11) is -3.76. The van der Waals surface area contributed by atoms with Gasteiger partial charge >= 0.3 is 0 Å². The molecule has 2 aromatic carbocycles. The second-order valence-corrected chi connectivity index (χ2v) is 7.89. The highest BCUT2D eigenvalue weighted by Gasteiger charge is 2.19. The van der Waals surface area contributed by atoms with Crippen LogP contribution in [0.2, 0.25) is 0 Å². The summed E-state index contributed by atoms with van der Waals surface area (Å²) in [6, 6.07) is 8.84. The van der Waals surface area contributed by atoms with Crippen molar-refractivity contribution in [3.8, 4) is 0 Å². The monoisotopic (exact) mass is 469 g/mol. The van der Waals surface area contributed by atoms with Gasteiger partial charge in [-0.2, -0.15) is 0 Å². The van der Waals surface area contributed by atoms with Gasteiger partial charge in [0.1, 0.15) is 10.7 Å². The van der Waals surface area contributed by atoms with Crippen molar-refractivity contribution in [2.75, 3.05) is 4.72 Å². The summed E-state index contributed by atoms with van der Waals surface area (Å²) in [6.07, 6.45) is 0. The highest BCUT2D eigenvalue weighted by atomic mass is 127. The lowest BCUT2D eigenvalue weighted by molar-refractivity contribution is 0.599. The van der Waals surface area contributed by atoms with E-state index >= 15 is 0 Å². The first kappa shape index (κ1) is 15.7. The first-order chi connectivity index (χ1) is 9.29. The van der Waals surface area contributed by atoms with E-state index in [0.29, 0.717) is 5.69 Å². The predicted molar refractivity (Wildman–Crippen MR) is 88.8 cm³/mol. The van der Waals surface area contributed by atoms with E-state index < -0.39 is 15.8 Å². The van der Waals surface area contributed by atoms with Crippen molar-refractivity contribution in [3.05, 3.63) is 55.8 Å². The highest BCUT2D eigenvalue weighted by Crippen LogP contribution is 2.26. The standard InChI is InChI=1S/C13H10BrFINO2S/c1-8-6-10(16)3-4-12(8)17-20(18,19)13-5-2-9(15)7-11(13)14/h2-7,17H,1H3. The van der Waals surface area contributed by atoms with Crippen LogP contribution in [0.5, 0.6) is 0 Å². The Morgan fingerprint density at radius 3 is 2.50 bits per heavy atom. The van der Waals surface area contributed by atoms with E-state index in [0.717, 1.165) is 21.3 Å². The molecule has 0 aliphatic carbocycles. The van der Waals surface area contributed by atoms with Crippen LogP contribution in [0.25, 0.3) is 0 Å². The van der Waals surface area contributed by atoms with Gasteiger partial charge in [-0.15, -0.1) is 0 Å². The molecule has 0 atom stereocenters. The average molecular weight is 470 g/mol. The van der Waals surface area contributed by atoms with Gasteiger partial charge in [0.15, 0.2) is 0 Å².